The number of rotatable bonds is 3. The van der Waals surface area contributed by atoms with Gasteiger partial charge in [0.1, 0.15) is 10.9 Å². The predicted molar refractivity (Wildman–Crippen MR) is 120 cm³/mol. The van der Waals surface area contributed by atoms with Crippen molar-refractivity contribution in [1.82, 2.24) is 14.2 Å². The Hall–Kier alpha value is -3.23. The Bertz CT molecular complexity index is 1220. The van der Waals surface area contributed by atoms with Crippen LogP contribution in [0.4, 0.5) is 23.7 Å². The molecule has 1 aromatic heterocycles. The van der Waals surface area contributed by atoms with Gasteiger partial charge >= 0.3 is 18.2 Å². The SMILES string of the molecule is O=C(Nc1ccccc1)N1C[C@H]2C[C@H]3[C@](C1)(CN(Cc1ccncc1)S3(=O)=O)O2.O=C(O)C(F)(F)F. The molecule has 194 valence electrons. The summed E-state index contributed by atoms with van der Waals surface area (Å²) in [6, 6.07) is 12.6. The predicted octanol–water partition coefficient (Wildman–Crippen LogP) is 2.30. The van der Waals surface area contributed by atoms with Crippen LogP contribution < -0.4 is 5.32 Å². The van der Waals surface area contributed by atoms with Crippen LogP contribution >= 0.6 is 0 Å². The smallest absolute Gasteiger partial charge is 0.475 e. The standard InChI is InChI=1S/C20H22N4O4S.C2HF3O2/c25-19(22-16-4-2-1-3-5-16)23-12-17-10-18-20(13-23,28-17)14-24(29(18,26)27)11-15-6-8-21-9-7-15;3-2(4,5)1(6)7/h1-9,17-18H,10-14H2,(H,22,25);(H,6,7)/t17-,18+,20+;/m1./s1. The molecule has 14 heteroatoms. The molecule has 3 atom stereocenters. The number of carboxylic acid groups (broad SMARTS) is 1. The number of aromatic nitrogens is 1. The first kappa shape index (κ1) is 25.9. The number of pyridine rings is 1. The van der Waals surface area contributed by atoms with Crippen LogP contribution in [-0.4, -0.2) is 82.5 Å². The largest absolute Gasteiger partial charge is 0.490 e. The molecule has 1 aromatic carbocycles. The number of sulfonamides is 1. The van der Waals surface area contributed by atoms with Crippen molar-refractivity contribution in [2.24, 2.45) is 0 Å². The Morgan fingerprint density at radius 3 is 2.39 bits per heavy atom. The highest BCUT2D eigenvalue weighted by atomic mass is 32.2. The summed E-state index contributed by atoms with van der Waals surface area (Å²) in [5.41, 5.74) is 0.720. The van der Waals surface area contributed by atoms with Gasteiger partial charge in [0.25, 0.3) is 0 Å². The maximum absolute atomic E-state index is 13.2. The van der Waals surface area contributed by atoms with Crippen molar-refractivity contribution < 1.29 is 41.0 Å². The molecule has 3 saturated heterocycles. The lowest BCUT2D eigenvalue weighted by Crippen LogP contribution is -2.57. The van der Waals surface area contributed by atoms with Gasteiger partial charge in [0, 0.05) is 37.7 Å². The molecule has 36 heavy (non-hydrogen) atoms. The first-order chi connectivity index (χ1) is 16.9. The van der Waals surface area contributed by atoms with Crippen molar-refractivity contribution in [1.29, 1.82) is 0 Å². The normalized spacial score (nSPS) is 26.5. The number of halogens is 3. The Morgan fingerprint density at radius 1 is 1.14 bits per heavy atom. The summed E-state index contributed by atoms with van der Waals surface area (Å²) >= 11 is 0. The van der Waals surface area contributed by atoms with Crippen molar-refractivity contribution >= 4 is 27.7 Å². The number of amides is 2. The van der Waals surface area contributed by atoms with Gasteiger partial charge in [-0.3, -0.25) is 4.98 Å². The molecular formula is C22H23F3N4O6S. The lowest BCUT2D eigenvalue weighted by Gasteiger charge is -2.39. The van der Waals surface area contributed by atoms with Crippen LogP contribution in [-0.2, 0) is 26.1 Å². The summed E-state index contributed by atoms with van der Waals surface area (Å²) < 4.78 is 65.8. The second-order valence-electron chi connectivity index (χ2n) is 8.68. The first-order valence-electron chi connectivity index (χ1n) is 10.9. The molecule has 1 spiro atoms. The third-order valence-electron chi connectivity index (χ3n) is 6.17. The highest BCUT2D eigenvalue weighted by molar-refractivity contribution is 7.90. The van der Waals surface area contributed by atoms with Gasteiger partial charge in [-0.25, -0.2) is 18.0 Å². The highest BCUT2D eigenvalue weighted by Gasteiger charge is 2.65. The molecule has 0 aliphatic carbocycles. The van der Waals surface area contributed by atoms with E-state index in [4.69, 9.17) is 14.6 Å². The fraction of sp³-hybridized carbons (Fsp3) is 0.409. The third-order valence-corrected chi connectivity index (χ3v) is 8.49. The van der Waals surface area contributed by atoms with E-state index < -0.39 is 33.0 Å². The maximum Gasteiger partial charge on any atom is 0.490 e. The molecule has 10 nitrogen and oxygen atoms in total. The summed E-state index contributed by atoms with van der Waals surface area (Å²) in [6.07, 6.45) is -1.61. The van der Waals surface area contributed by atoms with Crippen LogP contribution in [0, 0.1) is 0 Å². The molecule has 3 aliphatic heterocycles. The zero-order chi connectivity index (χ0) is 26.1. The lowest BCUT2D eigenvalue weighted by molar-refractivity contribution is -0.192. The number of carboxylic acids is 1. The van der Waals surface area contributed by atoms with Crippen LogP contribution in [0.1, 0.15) is 12.0 Å². The summed E-state index contributed by atoms with van der Waals surface area (Å²) in [5, 5.41) is 9.40. The number of carbonyl (C=O) groups is 2. The monoisotopic (exact) mass is 528 g/mol. The molecule has 2 N–H and O–H groups in total. The van der Waals surface area contributed by atoms with E-state index in [2.05, 4.69) is 10.3 Å². The molecule has 2 aromatic rings. The Morgan fingerprint density at radius 2 is 1.78 bits per heavy atom. The quantitative estimate of drug-likeness (QED) is 0.626. The van der Waals surface area contributed by atoms with Gasteiger partial charge in [0.15, 0.2) is 0 Å². The molecule has 0 unspecified atom stereocenters. The fourth-order valence-corrected chi connectivity index (χ4v) is 6.95. The van der Waals surface area contributed by atoms with Gasteiger partial charge in [0.2, 0.25) is 10.0 Å². The van der Waals surface area contributed by atoms with E-state index in [9.17, 15) is 26.4 Å². The zero-order valence-corrected chi connectivity index (χ0v) is 19.6. The van der Waals surface area contributed by atoms with Gasteiger partial charge < -0.3 is 20.1 Å². The number of carbonyl (C=O) groups excluding carboxylic acids is 1. The Balaban J connectivity index is 0.000000384. The molecule has 0 saturated carbocycles. The number of hydrogen-bond acceptors (Lipinski definition) is 6. The second-order valence-corrected chi connectivity index (χ2v) is 10.8. The molecule has 5 rings (SSSR count). The van der Waals surface area contributed by atoms with Gasteiger partial charge in [0.05, 0.1) is 12.6 Å². The van der Waals surface area contributed by atoms with E-state index in [1.807, 2.05) is 42.5 Å². The topological polar surface area (TPSA) is 129 Å². The summed E-state index contributed by atoms with van der Waals surface area (Å²) in [6.45, 7) is 1.21. The van der Waals surface area contributed by atoms with E-state index in [1.165, 1.54) is 4.31 Å². The van der Waals surface area contributed by atoms with E-state index in [1.54, 1.807) is 17.3 Å². The highest BCUT2D eigenvalue weighted by Crippen LogP contribution is 2.47. The average molecular weight is 529 g/mol. The Kier molecular flexibility index (Phi) is 6.94. The molecular weight excluding hydrogens is 505 g/mol. The second kappa shape index (κ2) is 9.67. The Labute approximate surface area is 204 Å². The number of morpholine rings is 1. The first-order valence-corrected chi connectivity index (χ1v) is 12.4. The molecule has 4 heterocycles. The molecule has 2 amide bonds. The maximum atomic E-state index is 13.2. The molecule has 3 aliphatic rings. The molecule has 0 radical (unpaired) electrons. The van der Waals surface area contributed by atoms with Crippen molar-refractivity contribution in [3.8, 4) is 0 Å². The van der Waals surface area contributed by atoms with Crippen molar-refractivity contribution in [3.63, 3.8) is 0 Å². The van der Waals surface area contributed by atoms with E-state index in [0.29, 0.717) is 18.7 Å². The van der Waals surface area contributed by atoms with E-state index >= 15 is 0 Å². The zero-order valence-electron chi connectivity index (χ0n) is 18.8. The third kappa shape index (κ3) is 5.29. The minimum Gasteiger partial charge on any atom is -0.475 e. The number of aliphatic carboxylic acids is 1. The number of para-hydroxylation sites is 1. The van der Waals surface area contributed by atoms with Crippen molar-refractivity contribution in [2.45, 2.75) is 36.1 Å². The van der Waals surface area contributed by atoms with Crippen LogP contribution in [0.15, 0.2) is 54.9 Å². The number of nitrogens with one attached hydrogen (secondary N) is 1. The molecule has 3 fully saturated rings. The van der Waals surface area contributed by atoms with Crippen molar-refractivity contribution in [2.75, 3.05) is 25.0 Å². The number of urea groups is 1. The van der Waals surface area contributed by atoms with Gasteiger partial charge in [-0.05, 0) is 36.2 Å². The van der Waals surface area contributed by atoms with Crippen LogP contribution in [0.25, 0.3) is 0 Å². The minimum absolute atomic E-state index is 0.227. The van der Waals surface area contributed by atoms with Gasteiger partial charge in [-0.1, -0.05) is 18.2 Å². The summed E-state index contributed by atoms with van der Waals surface area (Å²) in [4.78, 5) is 27.4. The summed E-state index contributed by atoms with van der Waals surface area (Å²) in [5.74, 6) is -2.76. The number of ether oxygens (including phenoxy) is 1. The van der Waals surface area contributed by atoms with Crippen molar-refractivity contribution in [3.05, 3.63) is 60.4 Å². The van der Waals surface area contributed by atoms with Crippen LogP contribution in [0.3, 0.4) is 0 Å². The van der Waals surface area contributed by atoms with E-state index in [0.717, 1.165) is 5.56 Å². The summed E-state index contributed by atoms with van der Waals surface area (Å²) in [7, 11) is -3.50. The van der Waals surface area contributed by atoms with Gasteiger partial charge in [-0.15, -0.1) is 0 Å². The number of hydrogen-bond donors (Lipinski definition) is 2. The number of alkyl halides is 3. The average Bonchev–Trinajstić information content (AvgIpc) is 3.19. The number of nitrogens with zero attached hydrogens (tertiary/aromatic N) is 3. The van der Waals surface area contributed by atoms with Crippen LogP contribution in [0.2, 0.25) is 0 Å². The minimum atomic E-state index is -5.08. The lowest BCUT2D eigenvalue weighted by atomic mass is 9.99. The van der Waals surface area contributed by atoms with Crippen LogP contribution in [0.5, 0.6) is 0 Å². The number of fused-ring (bicyclic) bond motifs is 1. The van der Waals surface area contributed by atoms with Gasteiger partial charge in [-0.2, -0.15) is 17.5 Å². The molecule has 2 bridgehead atoms. The number of benzene rings is 1. The fourth-order valence-electron chi connectivity index (χ4n) is 4.66. The van der Waals surface area contributed by atoms with E-state index in [-0.39, 0.29) is 31.8 Å². The number of anilines is 1. The number of likely N-dealkylation sites (tertiary alicyclic amines) is 1.